The molecule has 156 valence electrons. The van der Waals surface area contributed by atoms with Crippen LogP contribution in [0.25, 0.3) is 0 Å². The average Bonchev–Trinajstić information content (AvgIpc) is 2.69. The number of halogens is 2. The van der Waals surface area contributed by atoms with E-state index in [1.54, 1.807) is 19.2 Å². The molecule has 0 radical (unpaired) electrons. The number of ether oxygens (including phenoxy) is 2. The van der Waals surface area contributed by atoms with Crippen LogP contribution in [0.4, 0.5) is 4.39 Å². The third-order valence-corrected chi connectivity index (χ3v) is 4.62. The second kappa shape index (κ2) is 11.7. The molecular weight excluding hydrogens is 437 g/mol. The van der Waals surface area contributed by atoms with Gasteiger partial charge in [0.1, 0.15) is 19.0 Å². The van der Waals surface area contributed by atoms with Crippen LogP contribution < -0.4 is 4.74 Å². The number of aliphatic imine (C=N–C) groups is 1. The molecule has 1 atom stereocenters. The van der Waals surface area contributed by atoms with Crippen molar-refractivity contribution in [2.24, 2.45) is 4.99 Å². The first kappa shape index (κ1) is 23.1. The van der Waals surface area contributed by atoms with Crippen molar-refractivity contribution in [2.75, 3.05) is 13.3 Å². The highest BCUT2D eigenvalue weighted by Gasteiger charge is 2.28. The Morgan fingerprint density at radius 2 is 2.00 bits per heavy atom. The highest BCUT2D eigenvalue weighted by atomic mass is 79.9. The highest BCUT2D eigenvalue weighted by Crippen LogP contribution is 2.27. The van der Waals surface area contributed by atoms with Gasteiger partial charge in [-0.1, -0.05) is 59.6 Å². The number of alkyl halides is 1. The van der Waals surface area contributed by atoms with E-state index in [0.717, 1.165) is 28.4 Å². The number of nitrogens with zero attached hydrogens (tertiary/aromatic N) is 1. The number of carbonyl (C=O) groups excluding carboxylic acids is 1. The number of rotatable bonds is 11. The minimum atomic E-state index is -1.07. The highest BCUT2D eigenvalue weighted by molar-refractivity contribution is 9.10. The zero-order valence-corrected chi connectivity index (χ0v) is 18.5. The van der Waals surface area contributed by atoms with Gasteiger partial charge in [-0.15, -0.1) is 0 Å². The van der Waals surface area contributed by atoms with Gasteiger partial charge in [0.2, 0.25) is 5.72 Å². The summed E-state index contributed by atoms with van der Waals surface area (Å²) in [7, 11) is 0. The van der Waals surface area contributed by atoms with Crippen molar-refractivity contribution >= 4 is 28.1 Å². The summed E-state index contributed by atoms with van der Waals surface area (Å²) in [5.74, 6) is 0.280. The van der Waals surface area contributed by atoms with Crippen LogP contribution in [-0.4, -0.2) is 31.2 Å². The molecule has 0 fully saturated rings. The second-order valence-electron chi connectivity index (χ2n) is 6.93. The molecule has 0 aliphatic carbocycles. The molecule has 2 aromatic rings. The van der Waals surface area contributed by atoms with Crippen LogP contribution in [-0.2, 0) is 16.0 Å². The third kappa shape index (κ3) is 8.36. The van der Waals surface area contributed by atoms with Crippen LogP contribution >= 0.6 is 15.9 Å². The lowest BCUT2D eigenvalue weighted by Gasteiger charge is -2.26. The molecule has 0 amide bonds. The van der Waals surface area contributed by atoms with Crippen molar-refractivity contribution in [3.05, 3.63) is 64.1 Å². The quantitative estimate of drug-likeness (QED) is 0.307. The third-order valence-electron chi connectivity index (χ3n) is 4.16. The molecule has 29 heavy (non-hydrogen) atoms. The predicted molar refractivity (Wildman–Crippen MR) is 117 cm³/mol. The lowest BCUT2D eigenvalue weighted by Crippen LogP contribution is -2.32. The first-order valence-corrected chi connectivity index (χ1v) is 10.5. The van der Waals surface area contributed by atoms with Crippen LogP contribution in [0.1, 0.15) is 44.2 Å². The Balaban J connectivity index is 2.25. The molecule has 0 aliphatic heterocycles. The molecular formula is C23H27BrFNO3. The number of carbonyl (C=O) groups is 1. The lowest BCUT2D eigenvalue weighted by atomic mass is 10.0. The Kier molecular flexibility index (Phi) is 9.32. The first-order chi connectivity index (χ1) is 13.9. The van der Waals surface area contributed by atoms with Gasteiger partial charge in [0.25, 0.3) is 0 Å². The molecule has 6 heteroatoms. The molecule has 0 aromatic heterocycles. The summed E-state index contributed by atoms with van der Waals surface area (Å²) in [6.07, 6.45) is 4.12. The maximum Gasteiger partial charge on any atom is 0.307 e. The van der Waals surface area contributed by atoms with Crippen molar-refractivity contribution in [3.63, 3.8) is 0 Å². The molecule has 2 aromatic carbocycles. The number of hydrogen-bond donors (Lipinski definition) is 0. The van der Waals surface area contributed by atoms with E-state index in [-0.39, 0.29) is 12.6 Å². The van der Waals surface area contributed by atoms with Gasteiger partial charge in [0.05, 0.1) is 0 Å². The minimum absolute atomic E-state index is 0.00861. The van der Waals surface area contributed by atoms with E-state index in [1.807, 2.05) is 49.4 Å². The van der Waals surface area contributed by atoms with Crippen LogP contribution in [0.3, 0.4) is 0 Å². The molecule has 0 saturated heterocycles. The number of unbranched alkanes of at least 4 members (excludes halogenated alkanes) is 1. The molecule has 0 spiro atoms. The zero-order chi connectivity index (χ0) is 21.1. The minimum Gasteiger partial charge on any atom is -0.491 e. The fourth-order valence-electron chi connectivity index (χ4n) is 2.82. The molecule has 0 aliphatic rings. The predicted octanol–water partition coefficient (Wildman–Crippen LogP) is 5.91. The maximum absolute atomic E-state index is 12.4. The van der Waals surface area contributed by atoms with E-state index < -0.39 is 12.4 Å². The fourth-order valence-corrected chi connectivity index (χ4v) is 3.34. The lowest BCUT2D eigenvalue weighted by molar-refractivity contribution is -0.157. The van der Waals surface area contributed by atoms with Crippen molar-refractivity contribution in [3.8, 4) is 5.75 Å². The van der Waals surface area contributed by atoms with Crippen LogP contribution in [0.15, 0.2) is 58.0 Å². The van der Waals surface area contributed by atoms with Crippen molar-refractivity contribution in [1.29, 1.82) is 0 Å². The van der Waals surface area contributed by atoms with Crippen LogP contribution in [0.2, 0.25) is 0 Å². The molecule has 4 nitrogen and oxygen atoms in total. The first-order valence-electron chi connectivity index (χ1n) is 9.74. The summed E-state index contributed by atoms with van der Waals surface area (Å²) in [5.41, 5.74) is 0.715. The van der Waals surface area contributed by atoms with Crippen molar-refractivity contribution in [1.82, 2.24) is 0 Å². The van der Waals surface area contributed by atoms with Gasteiger partial charge < -0.3 is 9.47 Å². The molecule has 0 saturated carbocycles. The van der Waals surface area contributed by atoms with Gasteiger partial charge in [-0.3, -0.25) is 4.79 Å². The van der Waals surface area contributed by atoms with Gasteiger partial charge in [-0.25, -0.2) is 9.38 Å². The van der Waals surface area contributed by atoms with E-state index >= 15 is 0 Å². The Bertz CT molecular complexity index is 813. The molecule has 0 unspecified atom stereocenters. The Labute approximate surface area is 180 Å². The van der Waals surface area contributed by atoms with Crippen LogP contribution in [0.5, 0.6) is 5.75 Å². The summed E-state index contributed by atoms with van der Waals surface area (Å²) in [5, 5.41) is 0. The molecule has 2 rings (SSSR count). The van der Waals surface area contributed by atoms with Crippen LogP contribution in [0, 0.1) is 0 Å². The Morgan fingerprint density at radius 3 is 2.69 bits per heavy atom. The monoisotopic (exact) mass is 463 g/mol. The summed E-state index contributed by atoms with van der Waals surface area (Å²) in [6, 6.07) is 15.2. The Hall–Kier alpha value is -2.21. The smallest absolute Gasteiger partial charge is 0.307 e. The molecule has 0 N–H and O–H groups in total. The van der Waals surface area contributed by atoms with E-state index in [0.29, 0.717) is 18.6 Å². The fraction of sp³-hybridized carbons (Fsp3) is 0.391. The van der Waals surface area contributed by atoms with Gasteiger partial charge in [0.15, 0.2) is 0 Å². The van der Waals surface area contributed by atoms with Crippen molar-refractivity contribution in [2.45, 2.75) is 45.3 Å². The zero-order valence-electron chi connectivity index (χ0n) is 16.9. The van der Waals surface area contributed by atoms with Gasteiger partial charge >= 0.3 is 5.97 Å². The summed E-state index contributed by atoms with van der Waals surface area (Å²) in [4.78, 5) is 16.9. The molecule has 0 bridgehead atoms. The maximum atomic E-state index is 12.4. The summed E-state index contributed by atoms with van der Waals surface area (Å²) < 4.78 is 24.4. The molecule has 0 heterocycles. The Morgan fingerprint density at radius 1 is 1.24 bits per heavy atom. The van der Waals surface area contributed by atoms with Gasteiger partial charge in [-0.2, -0.15) is 0 Å². The van der Waals surface area contributed by atoms with Crippen molar-refractivity contribution < 1.29 is 18.7 Å². The standard InChI is InChI=1S/C23H27BrFNO3/c1-3-4-10-22(27)29-23(2,26-17-18-8-6-5-7-9-18)16-19-13-20(24)15-21(14-19)28-12-11-25/h5-9,13-15,17H,3-4,10-12,16H2,1-2H3/t23-/m1/s1. The van der Waals surface area contributed by atoms with E-state index in [1.165, 1.54) is 0 Å². The van der Waals surface area contributed by atoms with Gasteiger partial charge in [0, 0.05) is 23.5 Å². The second-order valence-corrected chi connectivity index (χ2v) is 7.85. The largest absolute Gasteiger partial charge is 0.491 e. The number of benzene rings is 2. The number of hydrogen-bond acceptors (Lipinski definition) is 4. The summed E-state index contributed by atoms with van der Waals surface area (Å²) in [6.45, 7) is 3.25. The van der Waals surface area contributed by atoms with Gasteiger partial charge in [-0.05, 0) is 42.7 Å². The van der Waals surface area contributed by atoms with E-state index in [9.17, 15) is 9.18 Å². The van der Waals surface area contributed by atoms with E-state index in [2.05, 4.69) is 20.9 Å². The number of esters is 1. The summed E-state index contributed by atoms with van der Waals surface area (Å²) >= 11 is 3.45. The SMILES string of the molecule is CCCCC(=O)O[C@](C)(Cc1cc(Br)cc(OCCF)c1)N=Cc1ccccc1. The average molecular weight is 464 g/mol. The van der Waals surface area contributed by atoms with E-state index in [4.69, 9.17) is 9.47 Å². The topological polar surface area (TPSA) is 47.9 Å². The normalized spacial score (nSPS) is 13.2.